The van der Waals surface area contributed by atoms with Crippen molar-refractivity contribution in [3.8, 4) is 0 Å². The van der Waals surface area contributed by atoms with Gasteiger partial charge in [0.05, 0.1) is 49.8 Å². The smallest absolute Gasteiger partial charge is 0.416 e. The molecule has 0 radical (unpaired) electrons. The summed E-state index contributed by atoms with van der Waals surface area (Å²) in [5, 5.41) is 19.7. The van der Waals surface area contributed by atoms with Gasteiger partial charge < -0.3 is 19.7 Å². The van der Waals surface area contributed by atoms with E-state index < -0.39 is 73.1 Å². The molecule has 0 spiro atoms. The highest BCUT2D eigenvalue weighted by atomic mass is 19.4. The van der Waals surface area contributed by atoms with E-state index in [1.54, 1.807) is 13.8 Å². The Hall–Kier alpha value is -3.52. The molecule has 1 aliphatic rings. The van der Waals surface area contributed by atoms with Crippen LogP contribution in [0.2, 0.25) is 0 Å². The van der Waals surface area contributed by atoms with Crippen molar-refractivity contribution in [2.75, 3.05) is 18.6 Å². The number of halogens is 6. The van der Waals surface area contributed by atoms with E-state index in [-0.39, 0.29) is 41.5 Å². The molecule has 3 rings (SSSR count). The van der Waals surface area contributed by atoms with Gasteiger partial charge in [0.15, 0.2) is 0 Å². The van der Waals surface area contributed by atoms with Crippen molar-refractivity contribution in [1.82, 2.24) is 4.90 Å². The molecule has 14 heteroatoms. The predicted octanol–water partition coefficient (Wildman–Crippen LogP) is 5.77. The zero-order valence-corrected chi connectivity index (χ0v) is 21.8. The highest BCUT2D eigenvalue weighted by Crippen LogP contribution is 2.44. The van der Waals surface area contributed by atoms with Crippen molar-refractivity contribution < 1.29 is 55.6 Å². The van der Waals surface area contributed by atoms with E-state index in [4.69, 9.17) is 9.47 Å². The highest BCUT2D eigenvalue weighted by Gasteiger charge is 2.41. The van der Waals surface area contributed by atoms with Crippen LogP contribution in [0.4, 0.5) is 41.6 Å². The topological polar surface area (TPSA) is 99.5 Å². The van der Waals surface area contributed by atoms with Gasteiger partial charge in [-0.05, 0) is 72.9 Å². The second-order valence-corrected chi connectivity index (χ2v) is 9.18. The number of benzene rings is 2. The summed E-state index contributed by atoms with van der Waals surface area (Å²) in [5.74, 6) is 0. The summed E-state index contributed by atoms with van der Waals surface area (Å²) >= 11 is 0. The number of hydrogen-bond acceptors (Lipinski definition) is 6. The third-order valence-electron chi connectivity index (χ3n) is 6.56. The van der Waals surface area contributed by atoms with E-state index in [1.807, 2.05) is 0 Å². The van der Waals surface area contributed by atoms with Crippen LogP contribution in [0.3, 0.4) is 0 Å². The first kappa shape index (κ1) is 31.0. The maximum Gasteiger partial charge on any atom is 0.416 e. The number of alkyl halides is 6. The lowest BCUT2D eigenvalue weighted by Gasteiger charge is -2.43. The number of aliphatic hydroxyl groups excluding tert-OH is 2. The summed E-state index contributed by atoms with van der Waals surface area (Å²) in [5.41, 5.74) is -2.58. The van der Waals surface area contributed by atoms with Gasteiger partial charge in [-0.2, -0.15) is 26.3 Å². The molecule has 40 heavy (non-hydrogen) atoms. The Kier molecular flexibility index (Phi) is 9.24. The van der Waals surface area contributed by atoms with Gasteiger partial charge in [0.1, 0.15) is 0 Å². The number of carbonyl (C=O) groups excluding carboxylic acids is 2. The van der Waals surface area contributed by atoms with Crippen LogP contribution in [0.25, 0.3) is 0 Å². The third-order valence-corrected chi connectivity index (χ3v) is 6.56. The molecule has 8 nitrogen and oxygen atoms in total. The quantitative estimate of drug-likeness (QED) is 0.422. The van der Waals surface area contributed by atoms with Crippen molar-refractivity contribution in [3.05, 3.63) is 63.7 Å². The largest absolute Gasteiger partial charge is 0.453 e. The van der Waals surface area contributed by atoms with E-state index in [0.717, 1.165) is 12.0 Å². The van der Waals surface area contributed by atoms with E-state index in [2.05, 4.69) is 0 Å². The monoisotopic (exact) mass is 578 g/mol. The fraction of sp³-hybridized carbons (Fsp3) is 0.462. The molecule has 220 valence electrons. The van der Waals surface area contributed by atoms with Crippen molar-refractivity contribution in [3.63, 3.8) is 0 Å². The number of rotatable bonds is 6. The predicted molar refractivity (Wildman–Crippen MR) is 129 cm³/mol. The Morgan fingerprint density at radius 3 is 2.00 bits per heavy atom. The van der Waals surface area contributed by atoms with Gasteiger partial charge in [-0.3, -0.25) is 9.80 Å². The fourth-order valence-corrected chi connectivity index (χ4v) is 4.75. The molecule has 0 fully saturated rings. The minimum atomic E-state index is -5.09. The molecule has 0 saturated carbocycles. The van der Waals surface area contributed by atoms with Crippen LogP contribution >= 0.6 is 0 Å². The molecule has 2 N–H and O–H groups in total. The summed E-state index contributed by atoms with van der Waals surface area (Å²) in [4.78, 5) is 28.0. The number of methoxy groups -OCH3 is 1. The zero-order valence-electron chi connectivity index (χ0n) is 21.8. The van der Waals surface area contributed by atoms with Crippen LogP contribution in [0, 0.1) is 0 Å². The molecule has 0 bridgehead atoms. The second kappa shape index (κ2) is 11.9. The molecule has 0 saturated heterocycles. The van der Waals surface area contributed by atoms with E-state index in [0.29, 0.717) is 12.1 Å². The van der Waals surface area contributed by atoms with Crippen molar-refractivity contribution >= 4 is 17.9 Å². The Morgan fingerprint density at radius 2 is 1.52 bits per heavy atom. The van der Waals surface area contributed by atoms with Crippen molar-refractivity contribution in [1.29, 1.82) is 0 Å². The molecule has 2 amide bonds. The number of amides is 2. The minimum Gasteiger partial charge on any atom is -0.453 e. The van der Waals surface area contributed by atoms with Crippen LogP contribution in [0.15, 0.2) is 30.3 Å². The normalized spacial score (nSPS) is 17.3. The van der Waals surface area contributed by atoms with Crippen LogP contribution in [0.1, 0.15) is 59.7 Å². The SMILES string of the molecule is CCOC(=O)N1c2cc(CO)c(CO)cc2C(N(Cc2cc(C(F)(F)F)cc(C(F)(F)F)c2)C(=O)OC)CC1C. The maximum atomic E-state index is 13.5. The maximum absolute atomic E-state index is 13.5. The Morgan fingerprint density at radius 1 is 0.975 bits per heavy atom. The number of fused-ring (bicyclic) bond motifs is 1. The van der Waals surface area contributed by atoms with E-state index in [9.17, 15) is 46.1 Å². The summed E-state index contributed by atoms with van der Waals surface area (Å²) in [6.07, 6.45) is -12.0. The van der Waals surface area contributed by atoms with Gasteiger partial charge in [-0.1, -0.05) is 0 Å². The number of ether oxygens (including phenoxy) is 2. The summed E-state index contributed by atoms with van der Waals surface area (Å²) < 4.78 is 90.8. The lowest BCUT2D eigenvalue weighted by atomic mass is 9.87. The molecule has 2 atom stereocenters. The Balaban J connectivity index is 2.20. The molecule has 0 aromatic heterocycles. The zero-order chi connectivity index (χ0) is 30.0. The first-order chi connectivity index (χ1) is 18.7. The van der Waals surface area contributed by atoms with Gasteiger partial charge in [0.2, 0.25) is 0 Å². The van der Waals surface area contributed by atoms with Gasteiger partial charge in [0.25, 0.3) is 0 Å². The standard InChI is InChI=1S/C26H28F6N2O6/c1-4-40-24(38)34-14(2)5-21(20-8-16(12-35)17(13-36)9-22(20)34)33(23(37)39-3)11-15-6-18(25(27,28)29)10-19(7-15)26(30,31)32/h6-10,14,21,35-36H,4-5,11-13H2,1-3H3. The lowest BCUT2D eigenvalue weighted by molar-refractivity contribution is -0.143. The van der Waals surface area contributed by atoms with Gasteiger partial charge >= 0.3 is 24.5 Å². The summed E-state index contributed by atoms with van der Waals surface area (Å²) in [6, 6.07) is 2.21. The molecular weight excluding hydrogens is 550 g/mol. The number of hydrogen-bond donors (Lipinski definition) is 2. The second-order valence-electron chi connectivity index (χ2n) is 9.18. The van der Waals surface area contributed by atoms with Crippen molar-refractivity contribution in [2.45, 2.75) is 64.5 Å². The summed E-state index contributed by atoms with van der Waals surface area (Å²) in [7, 11) is 1.01. The average molecular weight is 579 g/mol. The summed E-state index contributed by atoms with van der Waals surface area (Å²) in [6.45, 7) is 1.50. The molecule has 1 heterocycles. The van der Waals surface area contributed by atoms with E-state index >= 15 is 0 Å². The molecule has 2 aromatic carbocycles. The first-order valence-electron chi connectivity index (χ1n) is 12.1. The molecular formula is C26H28F6N2O6. The number of anilines is 1. The van der Waals surface area contributed by atoms with Crippen LogP contribution in [-0.4, -0.2) is 47.1 Å². The van der Waals surface area contributed by atoms with Gasteiger partial charge in [-0.15, -0.1) is 0 Å². The molecule has 0 aliphatic carbocycles. The van der Waals surface area contributed by atoms with Gasteiger partial charge in [-0.25, -0.2) is 9.59 Å². The third kappa shape index (κ3) is 6.44. The number of aliphatic hydroxyl groups is 2. The molecule has 2 unspecified atom stereocenters. The molecule has 1 aliphatic heterocycles. The highest BCUT2D eigenvalue weighted by molar-refractivity contribution is 5.90. The minimum absolute atomic E-state index is 0.00462. The van der Waals surface area contributed by atoms with Crippen LogP contribution in [-0.2, 0) is 41.6 Å². The van der Waals surface area contributed by atoms with Gasteiger partial charge in [0, 0.05) is 12.6 Å². The lowest BCUT2D eigenvalue weighted by Crippen LogP contribution is -2.47. The van der Waals surface area contributed by atoms with Crippen LogP contribution in [0.5, 0.6) is 0 Å². The molecule has 2 aromatic rings. The first-order valence-corrected chi connectivity index (χ1v) is 12.1. The Labute approximate surface area is 225 Å². The number of carbonyl (C=O) groups is 2. The van der Waals surface area contributed by atoms with Crippen LogP contribution < -0.4 is 4.90 Å². The van der Waals surface area contributed by atoms with E-state index in [1.165, 1.54) is 17.0 Å². The fourth-order valence-electron chi connectivity index (χ4n) is 4.75. The number of nitrogens with zero attached hydrogens (tertiary/aromatic N) is 2. The average Bonchev–Trinajstić information content (AvgIpc) is 2.89. The Bertz CT molecular complexity index is 1220. The van der Waals surface area contributed by atoms with Crippen molar-refractivity contribution in [2.24, 2.45) is 0 Å².